The minimum atomic E-state index is -1.59. The van der Waals surface area contributed by atoms with Gasteiger partial charge in [0.2, 0.25) is 5.91 Å². The number of hydrogen-bond donors (Lipinski definition) is 6. The monoisotopic (exact) mass is 1020 g/mol. The van der Waals surface area contributed by atoms with Gasteiger partial charge in [-0.15, -0.1) is 0 Å². The Morgan fingerprint density at radius 1 is 0.479 bits per heavy atom. The number of ether oxygens (including phenoxy) is 2. The van der Waals surface area contributed by atoms with E-state index in [1.54, 1.807) is 6.08 Å². The number of aliphatic hydroxyl groups is 5. The quantitative estimate of drug-likeness (QED) is 0.0261. The lowest BCUT2D eigenvalue weighted by atomic mass is 9.99. The van der Waals surface area contributed by atoms with E-state index >= 15 is 0 Å². The summed E-state index contributed by atoms with van der Waals surface area (Å²) in [5.74, 6) is -0.238. The highest BCUT2D eigenvalue weighted by Crippen LogP contribution is 2.23. The molecule has 1 fully saturated rings. The molecule has 0 bridgehead atoms. The van der Waals surface area contributed by atoms with Gasteiger partial charge in [-0.3, -0.25) is 4.79 Å². The molecule has 6 N–H and O–H groups in total. The Labute approximate surface area is 446 Å². The first-order valence-electron chi connectivity index (χ1n) is 29.3. The molecule has 0 saturated carbocycles. The van der Waals surface area contributed by atoms with Crippen LogP contribution < -0.4 is 5.32 Å². The second-order valence-electron chi connectivity index (χ2n) is 19.7. The largest absolute Gasteiger partial charge is 0.394 e. The van der Waals surface area contributed by atoms with Crippen LogP contribution in [0.1, 0.15) is 219 Å². The van der Waals surface area contributed by atoms with Gasteiger partial charge in [0.1, 0.15) is 24.4 Å². The first kappa shape index (κ1) is 67.6. The zero-order valence-electron chi connectivity index (χ0n) is 46.1. The smallest absolute Gasteiger partial charge is 0.220 e. The minimum absolute atomic E-state index is 0.219. The zero-order valence-corrected chi connectivity index (χ0v) is 46.1. The van der Waals surface area contributed by atoms with Gasteiger partial charge in [0.05, 0.1) is 25.4 Å². The lowest BCUT2D eigenvalue weighted by molar-refractivity contribution is -0.302. The summed E-state index contributed by atoms with van der Waals surface area (Å²) >= 11 is 0. The lowest BCUT2D eigenvalue weighted by Gasteiger charge is -2.40. The van der Waals surface area contributed by atoms with Crippen LogP contribution in [0.5, 0.6) is 0 Å². The highest BCUT2D eigenvalue weighted by Gasteiger charge is 2.44. The van der Waals surface area contributed by atoms with Crippen molar-refractivity contribution in [2.75, 3.05) is 13.2 Å². The molecule has 1 saturated heterocycles. The van der Waals surface area contributed by atoms with Crippen molar-refractivity contribution in [1.82, 2.24) is 5.32 Å². The molecule has 1 amide bonds. The van der Waals surface area contributed by atoms with Crippen molar-refractivity contribution in [2.45, 2.75) is 262 Å². The lowest BCUT2D eigenvalue weighted by Crippen LogP contribution is -2.60. The van der Waals surface area contributed by atoms with Gasteiger partial charge in [0, 0.05) is 6.42 Å². The molecule has 0 aliphatic carbocycles. The number of amides is 1. The summed E-state index contributed by atoms with van der Waals surface area (Å²) in [4.78, 5) is 13.0. The molecular formula is C64H107NO8. The third-order valence-electron chi connectivity index (χ3n) is 13.0. The zero-order chi connectivity index (χ0) is 52.9. The summed E-state index contributed by atoms with van der Waals surface area (Å²) < 4.78 is 11.2. The van der Waals surface area contributed by atoms with E-state index in [9.17, 15) is 30.3 Å². The van der Waals surface area contributed by atoms with Crippen molar-refractivity contribution in [3.05, 3.63) is 122 Å². The van der Waals surface area contributed by atoms with Crippen LogP contribution in [-0.4, -0.2) is 87.5 Å². The summed E-state index contributed by atoms with van der Waals surface area (Å²) in [6, 6.07) is -0.846. The van der Waals surface area contributed by atoms with Crippen LogP contribution in [0.3, 0.4) is 0 Å². The van der Waals surface area contributed by atoms with Crippen LogP contribution >= 0.6 is 0 Å². The Hall–Kier alpha value is -3.41. The minimum Gasteiger partial charge on any atom is -0.394 e. The van der Waals surface area contributed by atoms with Gasteiger partial charge in [-0.05, 0) is 83.5 Å². The highest BCUT2D eigenvalue weighted by atomic mass is 16.7. The van der Waals surface area contributed by atoms with Gasteiger partial charge in [-0.2, -0.15) is 0 Å². The number of allylic oxidation sites excluding steroid dienone is 19. The van der Waals surface area contributed by atoms with E-state index in [1.165, 1.54) is 109 Å². The van der Waals surface area contributed by atoms with E-state index in [2.05, 4.69) is 129 Å². The van der Waals surface area contributed by atoms with Crippen LogP contribution in [0.2, 0.25) is 0 Å². The fraction of sp³-hybridized carbons (Fsp3) is 0.672. The number of unbranched alkanes of at least 4 members (excludes halogenated alkanes) is 20. The van der Waals surface area contributed by atoms with Gasteiger partial charge in [-0.25, -0.2) is 0 Å². The summed E-state index contributed by atoms with van der Waals surface area (Å²) in [5, 5.41) is 54.5. The molecule has 1 aliphatic heterocycles. The first-order chi connectivity index (χ1) is 35.8. The maximum atomic E-state index is 13.0. The third kappa shape index (κ3) is 41.5. The second-order valence-corrected chi connectivity index (χ2v) is 19.7. The fourth-order valence-corrected chi connectivity index (χ4v) is 8.45. The average Bonchev–Trinajstić information content (AvgIpc) is 3.39. The molecule has 416 valence electrons. The molecule has 0 spiro atoms. The van der Waals surface area contributed by atoms with Crippen LogP contribution in [0, 0.1) is 0 Å². The van der Waals surface area contributed by atoms with Crippen molar-refractivity contribution < 1.29 is 39.8 Å². The molecule has 0 aromatic carbocycles. The number of aliphatic hydroxyl groups excluding tert-OH is 5. The normalized spacial score (nSPS) is 20.0. The van der Waals surface area contributed by atoms with Gasteiger partial charge < -0.3 is 40.3 Å². The van der Waals surface area contributed by atoms with E-state index in [0.717, 1.165) is 83.5 Å². The number of nitrogens with one attached hydrogen (secondary N) is 1. The number of carbonyl (C=O) groups excluding carboxylic acids is 1. The van der Waals surface area contributed by atoms with Crippen LogP contribution in [0.15, 0.2) is 122 Å². The first-order valence-corrected chi connectivity index (χ1v) is 29.3. The fourth-order valence-electron chi connectivity index (χ4n) is 8.45. The molecule has 0 radical (unpaired) electrons. The number of hydrogen-bond acceptors (Lipinski definition) is 8. The molecule has 0 aromatic rings. The summed E-state index contributed by atoms with van der Waals surface area (Å²) in [6.07, 6.45) is 71.2. The topological polar surface area (TPSA) is 149 Å². The third-order valence-corrected chi connectivity index (χ3v) is 13.0. The van der Waals surface area contributed by atoms with E-state index < -0.39 is 49.5 Å². The highest BCUT2D eigenvalue weighted by molar-refractivity contribution is 5.76. The number of rotatable bonds is 48. The molecule has 9 heteroatoms. The number of carbonyl (C=O) groups is 1. The maximum Gasteiger partial charge on any atom is 0.220 e. The van der Waals surface area contributed by atoms with Crippen LogP contribution in [-0.2, 0) is 14.3 Å². The molecule has 1 rings (SSSR count). The Balaban J connectivity index is 2.31. The van der Waals surface area contributed by atoms with Crippen LogP contribution in [0.25, 0.3) is 0 Å². The average molecular weight is 1020 g/mol. The maximum absolute atomic E-state index is 13.0. The van der Waals surface area contributed by atoms with Gasteiger partial charge in [0.25, 0.3) is 0 Å². The predicted molar refractivity (Wildman–Crippen MR) is 308 cm³/mol. The molecular weight excluding hydrogens is 911 g/mol. The molecule has 9 nitrogen and oxygen atoms in total. The van der Waals surface area contributed by atoms with E-state index in [0.29, 0.717) is 6.42 Å². The molecule has 7 atom stereocenters. The molecule has 1 heterocycles. The summed E-state index contributed by atoms with van der Waals surface area (Å²) in [7, 11) is 0. The van der Waals surface area contributed by atoms with Gasteiger partial charge in [0.15, 0.2) is 6.29 Å². The second kappa shape index (κ2) is 52.0. The summed E-state index contributed by atoms with van der Waals surface area (Å²) in [5.41, 5.74) is 0. The van der Waals surface area contributed by atoms with E-state index in [4.69, 9.17) is 9.47 Å². The standard InChI is InChI=1S/C64H107NO8/c1-3-5-7-9-11-13-15-17-19-21-23-25-26-27-28-29-30-31-32-34-36-38-40-42-44-46-48-50-52-54-60(68)65-57(56-72-64-63(71)62(70)61(69)59(55-66)73-64)58(67)53-51-49-47-45-43-41-39-37-35-33-24-22-20-18-16-14-12-10-8-6-4-2/h5,7,11,13,17,19,23,25,27-28,30-31,34,36,40,42,46,48,51,53,57-59,61-64,66-67,69-71H,3-4,6,8-10,12,14-16,18,20-22,24,26,29,32-33,35,37-39,41,43-45,47,49-50,52,54-56H2,1-2H3,(H,65,68)/b7-5-,13-11-,19-17-,25-23-,28-27-,31-30-,36-34-,42-40-,48-46-,53-51+. The van der Waals surface area contributed by atoms with Crippen molar-refractivity contribution in [3.63, 3.8) is 0 Å². The molecule has 73 heavy (non-hydrogen) atoms. The van der Waals surface area contributed by atoms with E-state index in [-0.39, 0.29) is 18.9 Å². The van der Waals surface area contributed by atoms with Crippen molar-refractivity contribution in [3.8, 4) is 0 Å². The Morgan fingerprint density at radius 3 is 1.25 bits per heavy atom. The molecule has 7 unspecified atom stereocenters. The Kier molecular flexibility index (Phi) is 48.2. The van der Waals surface area contributed by atoms with Gasteiger partial charge >= 0.3 is 0 Å². The Bertz CT molecular complexity index is 1560. The molecule has 1 aliphatic rings. The Morgan fingerprint density at radius 2 is 0.849 bits per heavy atom. The van der Waals surface area contributed by atoms with E-state index in [1.807, 2.05) is 6.08 Å². The van der Waals surface area contributed by atoms with Crippen molar-refractivity contribution >= 4 is 5.91 Å². The van der Waals surface area contributed by atoms with Crippen molar-refractivity contribution in [1.29, 1.82) is 0 Å². The molecule has 0 aromatic heterocycles. The van der Waals surface area contributed by atoms with Gasteiger partial charge in [-0.1, -0.05) is 251 Å². The van der Waals surface area contributed by atoms with Crippen LogP contribution in [0.4, 0.5) is 0 Å². The predicted octanol–water partition coefficient (Wildman–Crippen LogP) is 14.7. The SMILES string of the molecule is CC/C=C\C/C=C\C/C=C\C/C=C\C/C=C\C/C=C\C/C=C\C/C=C\C/C=C\CCCC(=O)NC(COC1OC(CO)C(O)C(O)C1O)C(O)/C=C/CCCCCCCCCCCCCCCCCCCCC. The summed E-state index contributed by atoms with van der Waals surface area (Å²) in [6.45, 7) is 3.63. The van der Waals surface area contributed by atoms with Crippen molar-refractivity contribution in [2.24, 2.45) is 0 Å².